The number of hydrogen-bond donors (Lipinski definition) is 1. The third kappa shape index (κ3) is 4.20. The SMILES string of the molecule is CN(C)c1nnc(SCC(C)(C)CS)s1. The fraction of sp³-hybridized carbons (Fsp3) is 0.778. The van der Waals surface area contributed by atoms with Crippen molar-refractivity contribution in [2.24, 2.45) is 5.41 Å². The van der Waals surface area contributed by atoms with Crippen LogP contribution in [0.1, 0.15) is 13.8 Å². The maximum absolute atomic E-state index is 4.33. The van der Waals surface area contributed by atoms with E-state index in [1.165, 1.54) is 0 Å². The molecule has 0 saturated heterocycles. The van der Waals surface area contributed by atoms with E-state index >= 15 is 0 Å². The minimum Gasteiger partial charge on any atom is -0.353 e. The van der Waals surface area contributed by atoms with Gasteiger partial charge in [0.1, 0.15) is 0 Å². The smallest absolute Gasteiger partial charge is 0.208 e. The van der Waals surface area contributed by atoms with Crippen molar-refractivity contribution < 1.29 is 0 Å². The molecule has 1 aromatic rings. The van der Waals surface area contributed by atoms with Crippen LogP contribution in [-0.2, 0) is 0 Å². The zero-order chi connectivity index (χ0) is 11.5. The Labute approximate surface area is 105 Å². The van der Waals surface area contributed by atoms with E-state index in [9.17, 15) is 0 Å². The Morgan fingerprint density at radius 1 is 1.40 bits per heavy atom. The van der Waals surface area contributed by atoms with E-state index < -0.39 is 0 Å². The molecule has 1 aromatic heterocycles. The molecular weight excluding hydrogens is 246 g/mol. The number of anilines is 1. The molecule has 0 radical (unpaired) electrons. The molecule has 0 bridgehead atoms. The largest absolute Gasteiger partial charge is 0.353 e. The molecule has 0 N–H and O–H groups in total. The van der Waals surface area contributed by atoms with E-state index in [0.717, 1.165) is 21.0 Å². The predicted octanol–water partition coefficient (Wildman–Crippen LogP) is 2.65. The van der Waals surface area contributed by atoms with Crippen LogP contribution in [0.5, 0.6) is 0 Å². The van der Waals surface area contributed by atoms with Crippen molar-refractivity contribution in [3.8, 4) is 0 Å². The molecular formula is C9H17N3S3. The number of nitrogens with zero attached hydrogens (tertiary/aromatic N) is 3. The highest BCUT2D eigenvalue weighted by atomic mass is 32.2. The van der Waals surface area contributed by atoms with Gasteiger partial charge in [0.25, 0.3) is 0 Å². The fourth-order valence-electron chi connectivity index (χ4n) is 0.744. The van der Waals surface area contributed by atoms with Gasteiger partial charge in [-0.25, -0.2) is 0 Å². The second-order valence-electron chi connectivity index (χ2n) is 4.36. The number of thiol groups is 1. The van der Waals surface area contributed by atoms with Crippen molar-refractivity contribution >= 4 is 40.9 Å². The van der Waals surface area contributed by atoms with Crippen molar-refractivity contribution in [2.45, 2.75) is 18.2 Å². The van der Waals surface area contributed by atoms with E-state index in [-0.39, 0.29) is 5.41 Å². The van der Waals surface area contributed by atoms with Crippen LogP contribution >= 0.6 is 35.7 Å². The average molecular weight is 263 g/mol. The predicted molar refractivity (Wildman–Crippen MR) is 72.6 cm³/mol. The quantitative estimate of drug-likeness (QED) is 0.653. The molecule has 0 atom stereocenters. The summed E-state index contributed by atoms with van der Waals surface area (Å²) in [5, 5.41) is 9.20. The summed E-state index contributed by atoms with van der Waals surface area (Å²) in [4.78, 5) is 1.98. The Kier molecular flexibility index (Phi) is 4.73. The number of thioether (sulfide) groups is 1. The number of hydrogen-bond acceptors (Lipinski definition) is 6. The molecule has 0 aliphatic carbocycles. The van der Waals surface area contributed by atoms with Crippen molar-refractivity contribution in [3.05, 3.63) is 0 Å². The summed E-state index contributed by atoms with van der Waals surface area (Å²) in [6.07, 6.45) is 0. The minimum atomic E-state index is 0.248. The maximum atomic E-state index is 4.33. The molecule has 0 aliphatic heterocycles. The van der Waals surface area contributed by atoms with E-state index in [4.69, 9.17) is 0 Å². The van der Waals surface area contributed by atoms with Gasteiger partial charge in [-0.3, -0.25) is 0 Å². The van der Waals surface area contributed by atoms with Gasteiger partial charge in [0, 0.05) is 19.8 Å². The highest BCUT2D eigenvalue weighted by molar-refractivity contribution is 8.01. The van der Waals surface area contributed by atoms with Crippen LogP contribution in [0, 0.1) is 5.41 Å². The molecule has 0 aromatic carbocycles. The minimum absolute atomic E-state index is 0.248. The molecule has 0 amide bonds. The van der Waals surface area contributed by atoms with Crippen LogP contribution in [0.4, 0.5) is 5.13 Å². The average Bonchev–Trinajstić information content (AvgIpc) is 2.63. The summed E-state index contributed by atoms with van der Waals surface area (Å²) in [6.45, 7) is 4.42. The Balaban J connectivity index is 2.51. The summed E-state index contributed by atoms with van der Waals surface area (Å²) >= 11 is 7.72. The van der Waals surface area contributed by atoms with Gasteiger partial charge in [-0.1, -0.05) is 36.9 Å². The van der Waals surface area contributed by atoms with Crippen molar-refractivity contribution in [2.75, 3.05) is 30.5 Å². The van der Waals surface area contributed by atoms with Crippen molar-refractivity contribution in [1.29, 1.82) is 0 Å². The monoisotopic (exact) mass is 263 g/mol. The zero-order valence-corrected chi connectivity index (χ0v) is 12.0. The van der Waals surface area contributed by atoms with Crippen LogP contribution < -0.4 is 4.90 Å². The maximum Gasteiger partial charge on any atom is 0.208 e. The molecule has 0 saturated carbocycles. The zero-order valence-electron chi connectivity index (χ0n) is 9.52. The molecule has 0 aliphatic rings. The summed E-state index contributed by atoms with van der Waals surface area (Å²) in [6, 6.07) is 0. The van der Waals surface area contributed by atoms with Crippen molar-refractivity contribution in [1.82, 2.24) is 10.2 Å². The van der Waals surface area contributed by atoms with Gasteiger partial charge in [-0.2, -0.15) is 12.6 Å². The summed E-state index contributed by atoms with van der Waals surface area (Å²) in [5.74, 6) is 1.91. The number of rotatable bonds is 5. The van der Waals surface area contributed by atoms with Gasteiger partial charge < -0.3 is 4.90 Å². The normalized spacial score (nSPS) is 11.8. The van der Waals surface area contributed by atoms with Gasteiger partial charge in [0.2, 0.25) is 5.13 Å². The molecule has 6 heteroatoms. The van der Waals surface area contributed by atoms with Crippen LogP contribution in [0.15, 0.2) is 4.34 Å². The van der Waals surface area contributed by atoms with Gasteiger partial charge in [-0.05, 0) is 11.2 Å². The van der Waals surface area contributed by atoms with Crippen LogP contribution in [-0.4, -0.2) is 35.8 Å². The van der Waals surface area contributed by atoms with Crippen molar-refractivity contribution in [3.63, 3.8) is 0 Å². The van der Waals surface area contributed by atoms with Gasteiger partial charge in [0.05, 0.1) is 0 Å². The van der Waals surface area contributed by atoms with E-state index in [2.05, 4.69) is 36.7 Å². The molecule has 0 fully saturated rings. The third-order valence-electron chi connectivity index (χ3n) is 1.79. The lowest BCUT2D eigenvalue weighted by molar-refractivity contribution is 0.493. The third-order valence-corrected chi connectivity index (χ3v) is 5.39. The van der Waals surface area contributed by atoms with E-state index in [0.29, 0.717) is 0 Å². The first-order chi connectivity index (χ1) is 6.94. The molecule has 0 unspecified atom stereocenters. The Bertz CT molecular complexity index is 309. The fourth-order valence-corrected chi connectivity index (χ4v) is 2.86. The standard InChI is InChI=1S/C9H17N3S3/c1-9(2,5-13)6-14-8-11-10-7(15-8)12(3)4/h13H,5-6H2,1-4H3. The Morgan fingerprint density at radius 3 is 2.53 bits per heavy atom. The highest BCUT2D eigenvalue weighted by Crippen LogP contribution is 2.32. The topological polar surface area (TPSA) is 29.0 Å². The molecule has 3 nitrogen and oxygen atoms in total. The Morgan fingerprint density at radius 2 is 2.07 bits per heavy atom. The van der Waals surface area contributed by atoms with Gasteiger partial charge in [-0.15, -0.1) is 10.2 Å². The Hall–Kier alpha value is 0.0600. The first-order valence-corrected chi connectivity index (χ1v) is 7.12. The molecule has 15 heavy (non-hydrogen) atoms. The van der Waals surface area contributed by atoms with Crippen LogP contribution in [0.3, 0.4) is 0 Å². The second kappa shape index (κ2) is 5.41. The molecule has 1 rings (SSSR count). The lowest BCUT2D eigenvalue weighted by Gasteiger charge is -2.19. The molecule has 1 heterocycles. The summed E-state index contributed by atoms with van der Waals surface area (Å²) in [5.41, 5.74) is 0.248. The van der Waals surface area contributed by atoms with E-state index in [1.54, 1.807) is 23.1 Å². The second-order valence-corrected chi connectivity index (χ2v) is 6.85. The van der Waals surface area contributed by atoms with E-state index in [1.807, 2.05) is 19.0 Å². The summed E-state index contributed by atoms with van der Waals surface area (Å²) in [7, 11) is 3.96. The molecule has 86 valence electrons. The number of aromatic nitrogens is 2. The van der Waals surface area contributed by atoms with Crippen LogP contribution in [0.25, 0.3) is 0 Å². The summed E-state index contributed by atoms with van der Waals surface area (Å²) < 4.78 is 1.04. The first kappa shape index (κ1) is 13.1. The van der Waals surface area contributed by atoms with Gasteiger partial charge >= 0.3 is 0 Å². The highest BCUT2D eigenvalue weighted by Gasteiger charge is 2.17. The lowest BCUT2D eigenvalue weighted by Crippen LogP contribution is -2.16. The molecule has 0 spiro atoms. The lowest BCUT2D eigenvalue weighted by atomic mass is 10.0. The first-order valence-electron chi connectivity index (χ1n) is 4.69. The van der Waals surface area contributed by atoms with Crippen LogP contribution in [0.2, 0.25) is 0 Å². The van der Waals surface area contributed by atoms with Gasteiger partial charge in [0.15, 0.2) is 4.34 Å².